The van der Waals surface area contributed by atoms with E-state index in [0.717, 1.165) is 23.9 Å². The summed E-state index contributed by atoms with van der Waals surface area (Å²) in [4.78, 5) is 14.7. The molecule has 1 heterocycles. The molecule has 1 fully saturated rings. The fourth-order valence-electron chi connectivity index (χ4n) is 3.18. The average Bonchev–Trinajstić information content (AvgIpc) is 2.91. The number of nitrogens with one attached hydrogen (secondary N) is 1. The maximum absolute atomic E-state index is 11.4. The van der Waals surface area contributed by atoms with Crippen LogP contribution in [0.3, 0.4) is 0 Å². The van der Waals surface area contributed by atoms with Crippen LogP contribution in [0.15, 0.2) is 24.4 Å². The van der Waals surface area contributed by atoms with Crippen molar-refractivity contribution in [1.82, 2.24) is 4.98 Å². The lowest BCUT2D eigenvalue weighted by molar-refractivity contribution is -0.120. The lowest BCUT2D eigenvalue weighted by Gasteiger charge is -2.21. The summed E-state index contributed by atoms with van der Waals surface area (Å²) in [5.41, 5.74) is 2.98. The van der Waals surface area contributed by atoms with Crippen molar-refractivity contribution in [1.29, 1.82) is 5.26 Å². The van der Waals surface area contributed by atoms with Crippen LogP contribution in [0.1, 0.15) is 56.6 Å². The van der Waals surface area contributed by atoms with Gasteiger partial charge in [-0.2, -0.15) is 5.26 Å². The Labute approximate surface area is 125 Å². The first-order chi connectivity index (χ1) is 10.0. The second-order valence-corrected chi connectivity index (χ2v) is 6.55. The van der Waals surface area contributed by atoms with Crippen molar-refractivity contribution in [2.45, 2.75) is 50.9 Å². The Kier molecular flexibility index (Phi) is 3.33. The monoisotopic (exact) mass is 280 g/mol. The number of nitriles is 1. The molecule has 0 unspecified atom stereocenters. The molecule has 3 rings (SSSR count). The van der Waals surface area contributed by atoms with Gasteiger partial charge in [-0.05, 0) is 55.9 Å². The van der Waals surface area contributed by atoms with Crippen molar-refractivity contribution in [3.63, 3.8) is 0 Å². The van der Waals surface area contributed by atoms with E-state index in [0.29, 0.717) is 24.5 Å². The largest absolute Gasteiger partial charge is 0.361 e. The Morgan fingerprint density at radius 2 is 2.00 bits per heavy atom. The van der Waals surface area contributed by atoms with E-state index >= 15 is 0 Å². The first-order valence-corrected chi connectivity index (χ1v) is 7.56. The summed E-state index contributed by atoms with van der Waals surface area (Å²) in [6.07, 6.45) is 5.35. The molecule has 1 saturated carbocycles. The van der Waals surface area contributed by atoms with Crippen molar-refractivity contribution < 1.29 is 4.79 Å². The summed E-state index contributed by atoms with van der Waals surface area (Å²) in [5, 5.41) is 10.5. The summed E-state index contributed by atoms with van der Waals surface area (Å²) >= 11 is 0. The molecule has 0 bridgehead atoms. The molecule has 21 heavy (non-hydrogen) atoms. The quantitative estimate of drug-likeness (QED) is 0.896. The molecular formula is C18H20N2O. The van der Waals surface area contributed by atoms with Crippen LogP contribution in [-0.4, -0.2) is 10.8 Å². The first kappa shape index (κ1) is 13.9. The maximum Gasteiger partial charge on any atom is 0.132 e. The Bertz CT molecular complexity index is 723. The zero-order valence-corrected chi connectivity index (χ0v) is 12.6. The number of hydrogen-bond donors (Lipinski definition) is 1. The zero-order chi connectivity index (χ0) is 15.0. The highest BCUT2D eigenvalue weighted by Crippen LogP contribution is 2.36. The van der Waals surface area contributed by atoms with Gasteiger partial charge in [-0.15, -0.1) is 0 Å². The van der Waals surface area contributed by atoms with Gasteiger partial charge >= 0.3 is 0 Å². The summed E-state index contributed by atoms with van der Waals surface area (Å²) in [6.45, 7) is 3.89. The number of H-pyrrole nitrogens is 1. The lowest BCUT2D eigenvalue weighted by atomic mass is 9.81. The highest BCUT2D eigenvalue weighted by Gasteiger charge is 2.24. The third-order valence-electron chi connectivity index (χ3n) is 4.70. The number of aromatic amines is 1. The van der Waals surface area contributed by atoms with Crippen LogP contribution >= 0.6 is 0 Å². The van der Waals surface area contributed by atoms with E-state index in [4.69, 9.17) is 0 Å². The van der Waals surface area contributed by atoms with Gasteiger partial charge in [0.15, 0.2) is 0 Å². The molecule has 0 aliphatic heterocycles. The predicted octanol–water partition coefficient (Wildman–Crippen LogP) is 4.20. The third kappa shape index (κ3) is 2.47. The molecule has 1 N–H and O–H groups in total. The fourth-order valence-corrected chi connectivity index (χ4v) is 3.18. The van der Waals surface area contributed by atoms with E-state index in [1.807, 2.05) is 19.9 Å². The van der Waals surface area contributed by atoms with Crippen molar-refractivity contribution in [3.05, 3.63) is 35.5 Å². The normalized spacial score (nSPS) is 17.1. The van der Waals surface area contributed by atoms with Gasteiger partial charge in [0, 0.05) is 29.9 Å². The molecule has 0 spiro atoms. The number of carbonyl (C=O) groups excluding carboxylic acids is 1. The van der Waals surface area contributed by atoms with Crippen LogP contribution in [-0.2, 0) is 10.2 Å². The number of hydrogen-bond acceptors (Lipinski definition) is 2. The number of fused-ring (bicyclic) bond motifs is 1. The molecule has 3 nitrogen and oxygen atoms in total. The summed E-state index contributed by atoms with van der Waals surface area (Å²) in [7, 11) is 0. The number of aromatic nitrogens is 1. The number of benzene rings is 1. The molecule has 2 aromatic rings. The smallest absolute Gasteiger partial charge is 0.132 e. The van der Waals surface area contributed by atoms with Gasteiger partial charge in [-0.1, -0.05) is 6.07 Å². The molecule has 1 aromatic carbocycles. The highest BCUT2D eigenvalue weighted by molar-refractivity contribution is 5.85. The lowest BCUT2D eigenvalue weighted by Crippen LogP contribution is -2.14. The second-order valence-electron chi connectivity index (χ2n) is 6.55. The SMILES string of the molecule is CC(C)(C#N)c1ccc2[nH]cc(C3CCC(=O)CC3)c2c1. The summed E-state index contributed by atoms with van der Waals surface area (Å²) in [5.74, 6) is 0.842. The maximum atomic E-state index is 11.4. The zero-order valence-electron chi connectivity index (χ0n) is 12.6. The molecule has 1 aromatic heterocycles. The van der Waals surface area contributed by atoms with Gasteiger partial charge in [-0.25, -0.2) is 0 Å². The minimum Gasteiger partial charge on any atom is -0.361 e. The molecule has 0 atom stereocenters. The molecule has 0 radical (unpaired) electrons. The molecular weight excluding hydrogens is 260 g/mol. The van der Waals surface area contributed by atoms with E-state index in [9.17, 15) is 10.1 Å². The van der Waals surface area contributed by atoms with Gasteiger partial charge < -0.3 is 4.98 Å². The van der Waals surface area contributed by atoms with Crippen LogP contribution in [0, 0.1) is 11.3 Å². The van der Waals surface area contributed by atoms with Gasteiger partial charge in [0.1, 0.15) is 5.78 Å². The number of carbonyl (C=O) groups is 1. The van der Waals surface area contributed by atoms with E-state index in [1.165, 1.54) is 10.9 Å². The van der Waals surface area contributed by atoms with Gasteiger partial charge in [0.2, 0.25) is 0 Å². The summed E-state index contributed by atoms with van der Waals surface area (Å²) in [6, 6.07) is 8.58. The minimum atomic E-state index is -0.481. The fraction of sp³-hybridized carbons (Fsp3) is 0.444. The van der Waals surface area contributed by atoms with Crippen molar-refractivity contribution >= 4 is 16.7 Å². The Hall–Kier alpha value is -2.08. The topological polar surface area (TPSA) is 56.6 Å². The van der Waals surface area contributed by atoms with E-state index in [2.05, 4.69) is 29.4 Å². The van der Waals surface area contributed by atoms with Crippen molar-refractivity contribution in [2.75, 3.05) is 0 Å². The van der Waals surface area contributed by atoms with Crippen LogP contribution in [0.5, 0.6) is 0 Å². The van der Waals surface area contributed by atoms with Gasteiger partial charge in [0.25, 0.3) is 0 Å². The van der Waals surface area contributed by atoms with Crippen LogP contribution in [0.25, 0.3) is 10.9 Å². The first-order valence-electron chi connectivity index (χ1n) is 7.56. The standard InChI is InChI=1S/C18H20N2O/c1-18(2,11-19)13-5-8-17-15(9-13)16(10-20-17)12-3-6-14(21)7-4-12/h5,8-10,12,20H,3-4,6-7H2,1-2H3. The molecule has 0 amide bonds. The predicted molar refractivity (Wildman–Crippen MR) is 83.2 cm³/mol. The molecule has 3 heteroatoms. The Morgan fingerprint density at radius 3 is 2.67 bits per heavy atom. The van der Waals surface area contributed by atoms with E-state index < -0.39 is 5.41 Å². The van der Waals surface area contributed by atoms with E-state index in [1.54, 1.807) is 0 Å². The molecule has 1 aliphatic carbocycles. The number of rotatable bonds is 2. The summed E-state index contributed by atoms with van der Waals surface area (Å²) < 4.78 is 0. The van der Waals surface area contributed by atoms with E-state index in [-0.39, 0.29) is 0 Å². The Morgan fingerprint density at radius 1 is 1.29 bits per heavy atom. The minimum absolute atomic E-state index is 0.386. The van der Waals surface area contributed by atoms with Crippen LogP contribution in [0.4, 0.5) is 0 Å². The highest BCUT2D eigenvalue weighted by atomic mass is 16.1. The Balaban J connectivity index is 2.02. The van der Waals surface area contributed by atoms with Crippen LogP contribution < -0.4 is 0 Å². The van der Waals surface area contributed by atoms with Crippen LogP contribution in [0.2, 0.25) is 0 Å². The molecule has 0 saturated heterocycles. The number of nitrogens with zero attached hydrogens (tertiary/aromatic N) is 1. The van der Waals surface area contributed by atoms with Gasteiger partial charge in [-0.3, -0.25) is 4.79 Å². The average molecular weight is 280 g/mol. The second kappa shape index (κ2) is 5.04. The van der Waals surface area contributed by atoms with Gasteiger partial charge in [0.05, 0.1) is 11.5 Å². The number of ketones is 1. The number of Topliss-reactive ketones (excluding diaryl/α,β-unsaturated/α-hetero) is 1. The third-order valence-corrected chi connectivity index (χ3v) is 4.70. The van der Waals surface area contributed by atoms with Crippen molar-refractivity contribution in [3.8, 4) is 6.07 Å². The molecule has 1 aliphatic rings. The molecule has 108 valence electrons. The van der Waals surface area contributed by atoms with Crippen molar-refractivity contribution in [2.24, 2.45) is 0 Å².